The summed E-state index contributed by atoms with van der Waals surface area (Å²) in [6.07, 6.45) is 4.15. The van der Waals surface area contributed by atoms with Gasteiger partial charge < -0.3 is 4.98 Å². The molecular weight excluding hydrogens is 296 g/mol. The van der Waals surface area contributed by atoms with E-state index in [0.717, 1.165) is 23.1 Å². The number of hydrogen-bond donors (Lipinski definition) is 1. The minimum absolute atomic E-state index is 0.0362. The number of thioether (sulfide) groups is 1. The monoisotopic (exact) mass is 314 g/mol. The largest absolute Gasteiger partial charge is 0.331 e. The average Bonchev–Trinajstić information content (AvgIpc) is 2.88. The Bertz CT molecular complexity index is 671. The number of nitrogens with zero attached hydrogens (tertiary/aromatic N) is 1. The summed E-state index contributed by atoms with van der Waals surface area (Å²) in [6.45, 7) is 5.01. The number of nitrogens with one attached hydrogen (secondary N) is 1. The molecule has 0 spiro atoms. The van der Waals surface area contributed by atoms with Crippen molar-refractivity contribution < 1.29 is 0 Å². The second-order valence-corrected chi connectivity index (χ2v) is 7.16. The van der Waals surface area contributed by atoms with E-state index in [2.05, 4.69) is 25.1 Å². The van der Waals surface area contributed by atoms with Crippen molar-refractivity contribution in [3.8, 4) is 0 Å². The second kappa shape index (κ2) is 5.81. The quantitative estimate of drug-likeness (QED) is 0.846. The molecule has 0 amide bonds. The van der Waals surface area contributed by atoms with Gasteiger partial charge in [0.15, 0.2) is 4.77 Å². The van der Waals surface area contributed by atoms with Crippen LogP contribution in [0.25, 0.3) is 10.2 Å². The van der Waals surface area contributed by atoms with Crippen LogP contribution in [0.2, 0.25) is 0 Å². The van der Waals surface area contributed by atoms with Crippen LogP contribution in [-0.4, -0.2) is 20.6 Å². The van der Waals surface area contributed by atoms with E-state index in [1.165, 1.54) is 11.3 Å². The molecule has 0 saturated carbocycles. The van der Waals surface area contributed by atoms with E-state index in [1.54, 1.807) is 4.57 Å². The highest BCUT2D eigenvalue weighted by Gasteiger charge is 2.26. The molecule has 3 nitrogen and oxygen atoms in total. The maximum atomic E-state index is 12.5. The highest BCUT2D eigenvalue weighted by atomic mass is 32.2. The molecule has 6 heteroatoms. The lowest BCUT2D eigenvalue weighted by Crippen LogP contribution is -2.35. The van der Waals surface area contributed by atoms with Crippen molar-refractivity contribution in [1.82, 2.24) is 9.55 Å². The topological polar surface area (TPSA) is 37.8 Å². The Balaban J connectivity index is 2.57. The van der Waals surface area contributed by atoms with E-state index in [9.17, 15) is 4.79 Å². The van der Waals surface area contributed by atoms with Crippen LogP contribution in [0.1, 0.15) is 26.7 Å². The molecule has 0 bridgehead atoms. The molecule has 0 fully saturated rings. The van der Waals surface area contributed by atoms with E-state index >= 15 is 0 Å². The normalized spacial score (nSPS) is 12.2. The lowest BCUT2D eigenvalue weighted by atomic mass is 10.0. The van der Waals surface area contributed by atoms with Crippen LogP contribution in [0.15, 0.2) is 16.2 Å². The van der Waals surface area contributed by atoms with Gasteiger partial charge in [0.05, 0.1) is 5.52 Å². The number of hydrogen-bond acceptors (Lipinski definition) is 4. The van der Waals surface area contributed by atoms with Gasteiger partial charge in [-0.15, -0.1) is 11.3 Å². The van der Waals surface area contributed by atoms with Crippen LogP contribution in [0.4, 0.5) is 0 Å². The molecule has 2 rings (SSSR count). The van der Waals surface area contributed by atoms with Gasteiger partial charge in [0.1, 0.15) is 4.70 Å². The van der Waals surface area contributed by atoms with E-state index in [4.69, 9.17) is 12.2 Å². The number of thiophene rings is 1. The molecular formula is C13H18N2OS3. The van der Waals surface area contributed by atoms with E-state index < -0.39 is 0 Å². The predicted octanol–water partition coefficient (Wildman–Crippen LogP) is 4.04. The third kappa shape index (κ3) is 2.66. The summed E-state index contributed by atoms with van der Waals surface area (Å²) in [7, 11) is 0. The number of fused-ring (bicyclic) bond motifs is 1. The Morgan fingerprint density at radius 2 is 2.16 bits per heavy atom. The Morgan fingerprint density at radius 3 is 2.74 bits per heavy atom. The van der Waals surface area contributed by atoms with Crippen LogP contribution in [-0.2, 0) is 6.54 Å². The van der Waals surface area contributed by atoms with Crippen molar-refractivity contribution in [2.45, 2.75) is 38.0 Å². The molecule has 0 unspecified atom stereocenters. The van der Waals surface area contributed by atoms with Crippen LogP contribution >= 0.6 is 35.3 Å². The summed E-state index contributed by atoms with van der Waals surface area (Å²) < 4.78 is 3.08. The Hall–Kier alpha value is -0.590. The standard InChI is InChI=1S/C13H18N2OS3/c1-4-13(5-2,18-3)8-15-11(16)10-9(6-7-19-10)14-12(15)17/h6-7H,4-5,8H2,1-3H3,(H,14,17). The predicted molar refractivity (Wildman–Crippen MR) is 88.1 cm³/mol. The molecule has 2 aromatic rings. The Labute approximate surface area is 126 Å². The molecule has 2 aromatic heterocycles. The molecule has 2 heterocycles. The molecule has 0 aromatic carbocycles. The zero-order valence-corrected chi connectivity index (χ0v) is 13.8. The first-order chi connectivity index (χ1) is 9.06. The molecule has 1 N–H and O–H groups in total. The van der Waals surface area contributed by atoms with E-state index in [-0.39, 0.29) is 10.3 Å². The molecule has 0 aliphatic rings. The highest BCUT2D eigenvalue weighted by molar-refractivity contribution is 8.00. The molecule has 19 heavy (non-hydrogen) atoms. The van der Waals surface area contributed by atoms with Gasteiger partial charge >= 0.3 is 0 Å². The second-order valence-electron chi connectivity index (χ2n) is 4.58. The van der Waals surface area contributed by atoms with Crippen molar-refractivity contribution in [2.24, 2.45) is 0 Å². The van der Waals surface area contributed by atoms with Crippen LogP contribution in [0.3, 0.4) is 0 Å². The SMILES string of the molecule is CCC(CC)(Cn1c(=S)[nH]c2ccsc2c1=O)SC. The van der Waals surface area contributed by atoms with E-state index in [1.807, 2.05) is 23.2 Å². The average molecular weight is 315 g/mol. The minimum atomic E-state index is 0.0362. The van der Waals surface area contributed by atoms with Crippen molar-refractivity contribution in [1.29, 1.82) is 0 Å². The number of aromatic nitrogens is 2. The van der Waals surface area contributed by atoms with Gasteiger partial charge in [0, 0.05) is 11.3 Å². The fourth-order valence-electron chi connectivity index (χ4n) is 2.23. The zero-order valence-electron chi connectivity index (χ0n) is 11.4. The molecule has 0 aliphatic carbocycles. The fraction of sp³-hybridized carbons (Fsp3) is 0.538. The molecule has 0 radical (unpaired) electrons. The van der Waals surface area contributed by atoms with Gasteiger partial charge in [0.25, 0.3) is 5.56 Å². The summed E-state index contributed by atoms with van der Waals surface area (Å²) in [5, 5.41) is 1.92. The number of rotatable bonds is 5. The van der Waals surface area contributed by atoms with Crippen LogP contribution in [0.5, 0.6) is 0 Å². The smallest absolute Gasteiger partial charge is 0.272 e. The summed E-state index contributed by atoms with van der Waals surface area (Å²) >= 11 is 8.64. The minimum Gasteiger partial charge on any atom is -0.331 e. The van der Waals surface area contributed by atoms with Crippen LogP contribution in [0, 0.1) is 4.77 Å². The van der Waals surface area contributed by atoms with Gasteiger partial charge in [-0.25, -0.2) is 0 Å². The van der Waals surface area contributed by atoms with Crippen LogP contribution < -0.4 is 5.56 Å². The Kier molecular flexibility index (Phi) is 4.53. The molecule has 104 valence electrons. The first-order valence-electron chi connectivity index (χ1n) is 6.32. The first kappa shape index (κ1) is 14.8. The van der Waals surface area contributed by atoms with Crippen molar-refractivity contribution in [2.75, 3.05) is 6.26 Å². The van der Waals surface area contributed by atoms with Gasteiger partial charge in [-0.3, -0.25) is 9.36 Å². The summed E-state index contributed by atoms with van der Waals surface area (Å²) in [6, 6.07) is 1.91. The summed E-state index contributed by atoms with van der Waals surface area (Å²) in [4.78, 5) is 15.7. The van der Waals surface area contributed by atoms with Gasteiger partial charge in [-0.2, -0.15) is 11.8 Å². The van der Waals surface area contributed by atoms with Gasteiger partial charge in [-0.1, -0.05) is 13.8 Å². The third-order valence-electron chi connectivity index (χ3n) is 3.76. The van der Waals surface area contributed by atoms with Crippen molar-refractivity contribution >= 4 is 45.5 Å². The van der Waals surface area contributed by atoms with Crippen molar-refractivity contribution in [3.63, 3.8) is 0 Å². The molecule has 0 saturated heterocycles. The number of H-pyrrole nitrogens is 1. The van der Waals surface area contributed by atoms with Gasteiger partial charge in [0.2, 0.25) is 0 Å². The van der Waals surface area contributed by atoms with E-state index in [0.29, 0.717) is 11.3 Å². The van der Waals surface area contributed by atoms with Gasteiger partial charge in [-0.05, 0) is 42.8 Å². The number of aromatic amines is 1. The van der Waals surface area contributed by atoms with Crippen molar-refractivity contribution in [3.05, 3.63) is 26.6 Å². The maximum Gasteiger partial charge on any atom is 0.272 e. The maximum absolute atomic E-state index is 12.5. The third-order valence-corrected chi connectivity index (χ3v) is 6.56. The lowest BCUT2D eigenvalue weighted by Gasteiger charge is -2.30. The lowest BCUT2D eigenvalue weighted by molar-refractivity contribution is 0.454. The fourth-order valence-corrected chi connectivity index (χ4v) is 4.12. The summed E-state index contributed by atoms with van der Waals surface area (Å²) in [5.41, 5.74) is 0.882. The zero-order chi connectivity index (χ0) is 14.0. The molecule has 0 atom stereocenters. The highest BCUT2D eigenvalue weighted by Crippen LogP contribution is 2.32. The molecule has 0 aliphatic heterocycles. The first-order valence-corrected chi connectivity index (χ1v) is 8.83. The Morgan fingerprint density at radius 1 is 1.47 bits per heavy atom. The summed E-state index contributed by atoms with van der Waals surface area (Å²) in [5.74, 6) is 0.